The second-order valence-corrected chi connectivity index (χ2v) is 9.71. The van der Waals surface area contributed by atoms with Crippen LogP contribution < -0.4 is 4.47 Å². The smallest absolute Gasteiger partial charge is 0.326 e. The summed E-state index contributed by atoms with van der Waals surface area (Å²) in [7, 11) is -4.37. The van der Waals surface area contributed by atoms with Gasteiger partial charge < -0.3 is 4.84 Å². The van der Waals surface area contributed by atoms with Gasteiger partial charge in [-0.15, -0.1) is 0 Å². The zero-order valence-electron chi connectivity index (χ0n) is 17.4. The molecule has 0 saturated heterocycles. The molecule has 0 aliphatic carbocycles. The van der Waals surface area contributed by atoms with Gasteiger partial charge in [0, 0.05) is 17.0 Å². The number of nitrogens with zero attached hydrogens (tertiary/aromatic N) is 2. The monoisotopic (exact) mass is 490 g/mol. The fraction of sp³-hybridized carbons (Fsp3) is 0.217. The summed E-state index contributed by atoms with van der Waals surface area (Å²) < 4.78 is 28.0. The van der Waals surface area contributed by atoms with Crippen molar-refractivity contribution in [1.82, 2.24) is 0 Å². The number of nitriles is 1. The van der Waals surface area contributed by atoms with Crippen molar-refractivity contribution in [3.8, 4) is 6.07 Å². The van der Waals surface area contributed by atoms with Gasteiger partial charge in [0.25, 0.3) is 10.0 Å². The molecule has 0 fully saturated rings. The maximum atomic E-state index is 13.7. The van der Waals surface area contributed by atoms with Gasteiger partial charge in [-0.05, 0) is 65.6 Å². The molecule has 0 radical (unpaired) electrons. The summed E-state index contributed by atoms with van der Waals surface area (Å²) in [5.41, 5.74) is 1.01. The Balaban J connectivity index is 2.19. The summed E-state index contributed by atoms with van der Waals surface area (Å²) in [5, 5.41) is 10.9. The number of benzene rings is 3. The average Bonchev–Trinajstić information content (AvgIpc) is 2.75. The molecule has 166 valence electrons. The minimum atomic E-state index is -4.37. The van der Waals surface area contributed by atoms with Crippen molar-refractivity contribution in [2.45, 2.75) is 38.0 Å². The number of halogens is 2. The van der Waals surface area contributed by atoms with Crippen molar-refractivity contribution in [3.63, 3.8) is 0 Å². The van der Waals surface area contributed by atoms with Gasteiger partial charge in [0.15, 0.2) is 0 Å². The molecule has 0 N–H and O–H groups in total. The summed E-state index contributed by atoms with van der Waals surface area (Å²) in [6.07, 6.45) is 1.97. The van der Waals surface area contributed by atoms with E-state index < -0.39 is 16.0 Å². The Labute approximate surface area is 196 Å². The quantitative estimate of drug-likeness (QED) is 0.377. The average molecular weight is 491 g/mol. The van der Waals surface area contributed by atoms with Crippen LogP contribution in [-0.2, 0) is 26.1 Å². The molecular formula is C23H20Cl2N2O4S. The number of anilines is 1. The maximum absolute atomic E-state index is 13.7. The van der Waals surface area contributed by atoms with Crippen LogP contribution in [0.5, 0.6) is 0 Å². The molecule has 0 aliphatic heterocycles. The molecule has 9 heteroatoms. The highest BCUT2D eigenvalue weighted by atomic mass is 35.5. The van der Waals surface area contributed by atoms with Gasteiger partial charge in [-0.2, -0.15) is 13.7 Å². The standard InChI is InChI=1S/C23H20Cl2N2O4S/c1-3-4-5-21-22(25)12-19(24)13-23(21)32(29,30)27(31-15(2)28)20-9-8-17-10-16(14-26)6-7-18(17)11-20/h6-13H,3-5H2,1-2H3. The highest BCUT2D eigenvalue weighted by Crippen LogP contribution is 2.35. The van der Waals surface area contributed by atoms with Crippen LogP contribution in [0.4, 0.5) is 5.69 Å². The third kappa shape index (κ3) is 4.99. The number of sulfonamides is 1. The van der Waals surface area contributed by atoms with E-state index in [1.54, 1.807) is 30.3 Å². The molecule has 0 bridgehead atoms. The molecule has 0 unspecified atom stereocenters. The van der Waals surface area contributed by atoms with Gasteiger partial charge in [-0.25, -0.2) is 4.79 Å². The molecule has 0 spiro atoms. The largest absolute Gasteiger partial charge is 0.330 e. The van der Waals surface area contributed by atoms with Crippen molar-refractivity contribution >= 4 is 55.7 Å². The molecule has 0 saturated carbocycles. The Kier molecular flexibility index (Phi) is 7.29. The summed E-state index contributed by atoms with van der Waals surface area (Å²) in [5.74, 6) is -0.809. The molecule has 3 aromatic rings. The first-order valence-electron chi connectivity index (χ1n) is 9.83. The van der Waals surface area contributed by atoms with Crippen molar-refractivity contribution in [3.05, 3.63) is 69.7 Å². The lowest BCUT2D eigenvalue weighted by atomic mass is 10.1. The van der Waals surface area contributed by atoms with Gasteiger partial charge in [-0.1, -0.05) is 53.1 Å². The summed E-state index contributed by atoms with van der Waals surface area (Å²) in [4.78, 5) is 16.9. The van der Waals surface area contributed by atoms with Crippen molar-refractivity contribution in [1.29, 1.82) is 5.26 Å². The number of hydrogen-bond acceptors (Lipinski definition) is 5. The van der Waals surface area contributed by atoms with E-state index in [0.717, 1.165) is 18.7 Å². The van der Waals surface area contributed by atoms with Crippen molar-refractivity contribution < 1.29 is 18.0 Å². The van der Waals surface area contributed by atoms with E-state index in [0.29, 0.717) is 33.8 Å². The molecule has 0 aliphatic rings. The van der Waals surface area contributed by atoms with Gasteiger partial charge in [0.1, 0.15) is 0 Å². The van der Waals surface area contributed by atoms with E-state index in [2.05, 4.69) is 6.07 Å². The Morgan fingerprint density at radius 1 is 1.09 bits per heavy atom. The van der Waals surface area contributed by atoms with E-state index in [4.69, 9.17) is 33.3 Å². The van der Waals surface area contributed by atoms with E-state index in [9.17, 15) is 13.2 Å². The van der Waals surface area contributed by atoms with E-state index in [-0.39, 0.29) is 20.6 Å². The van der Waals surface area contributed by atoms with Gasteiger partial charge in [-0.3, -0.25) is 0 Å². The Hall–Kier alpha value is -2.79. The normalized spacial score (nSPS) is 11.2. The minimum absolute atomic E-state index is 0.120. The Morgan fingerprint density at radius 3 is 2.44 bits per heavy atom. The van der Waals surface area contributed by atoms with Gasteiger partial charge >= 0.3 is 5.97 Å². The summed E-state index contributed by atoms with van der Waals surface area (Å²) in [6.45, 7) is 3.10. The van der Waals surface area contributed by atoms with Crippen LogP contribution in [0.1, 0.15) is 37.8 Å². The number of fused-ring (bicyclic) bond motifs is 1. The van der Waals surface area contributed by atoms with E-state index in [1.807, 2.05) is 6.92 Å². The third-order valence-electron chi connectivity index (χ3n) is 4.77. The summed E-state index contributed by atoms with van der Waals surface area (Å²) in [6, 6.07) is 14.6. The molecule has 3 rings (SSSR count). The number of unbranched alkanes of at least 4 members (excludes halogenated alkanes) is 1. The van der Waals surface area contributed by atoms with Crippen LogP contribution in [0.3, 0.4) is 0 Å². The van der Waals surface area contributed by atoms with Crippen LogP contribution in [-0.4, -0.2) is 14.4 Å². The van der Waals surface area contributed by atoms with Crippen molar-refractivity contribution in [2.75, 3.05) is 4.47 Å². The van der Waals surface area contributed by atoms with Crippen LogP contribution in [0.15, 0.2) is 53.4 Å². The molecule has 3 aromatic carbocycles. The van der Waals surface area contributed by atoms with E-state index >= 15 is 0 Å². The second-order valence-electron chi connectivity index (χ2n) is 7.14. The predicted octanol–water partition coefficient (Wildman–Crippen LogP) is 6.03. The zero-order valence-corrected chi connectivity index (χ0v) is 19.8. The fourth-order valence-corrected chi connectivity index (χ4v) is 5.55. The maximum Gasteiger partial charge on any atom is 0.330 e. The highest BCUT2D eigenvalue weighted by molar-refractivity contribution is 7.92. The first kappa shape index (κ1) is 23.9. The molecule has 6 nitrogen and oxygen atoms in total. The topological polar surface area (TPSA) is 87.5 Å². The van der Waals surface area contributed by atoms with Crippen LogP contribution in [0, 0.1) is 11.3 Å². The number of carbonyl (C=O) groups excluding carboxylic acids is 1. The molecule has 0 heterocycles. The van der Waals surface area contributed by atoms with Gasteiger partial charge in [0.2, 0.25) is 0 Å². The lowest BCUT2D eigenvalue weighted by molar-refractivity contribution is -0.140. The number of hydrogen-bond donors (Lipinski definition) is 0. The third-order valence-corrected chi connectivity index (χ3v) is 6.97. The van der Waals surface area contributed by atoms with Gasteiger partial charge in [0.05, 0.1) is 22.2 Å². The first-order chi connectivity index (χ1) is 15.2. The SMILES string of the molecule is CCCCc1c(Cl)cc(Cl)cc1S(=O)(=O)N(OC(C)=O)c1ccc2cc(C#N)ccc2c1. The molecular weight excluding hydrogens is 471 g/mol. The molecule has 0 amide bonds. The van der Waals surface area contributed by atoms with Crippen LogP contribution in [0.2, 0.25) is 10.0 Å². The zero-order chi connectivity index (χ0) is 23.5. The summed E-state index contributed by atoms with van der Waals surface area (Å²) >= 11 is 12.5. The Morgan fingerprint density at radius 2 is 1.78 bits per heavy atom. The first-order valence-corrected chi connectivity index (χ1v) is 12.0. The van der Waals surface area contributed by atoms with Crippen molar-refractivity contribution in [2.24, 2.45) is 0 Å². The number of carbonyl (C=O) groups is 1. The predicted molar refractivity (Wildman–Crippen MR) is 125 cm³/mol. The van der Waals surface area contributed by atoms with Crippen LogP contribution >= 0.6 is 23.2 Å². The number of rotatable bonds is 7. The molecule has 0 atom stereocenters. The lowest BCUT2D eigenvalue weighted by Gasteiger charge is -2.24. The lowest BCUT2D eigenvalue weighted by Crippen LogP contribution is -2.33. The molecule has 32 heavy (non-hydrogen) atoms. The minimum Gasteiger partial charge on any atom is -0.326 e. The molecule has 0 aromatic heterocycles. The highest BCUT2D eigenvalue weighted by Gasteiger charge is 2.32. The van der Waals surface area contributed by atoms with E-state index in [1.165, 1.54) is 18.2 Å². The van der Waals surface area contributed by atoms with Crippen LogP contribution in [0.25, 0.3) is 10.8 Å². The Bertz CT molecular complexity index is 1330. The fourth-order valence-electron chi connectivity index (χ4n) is 3.27. The second kappa shape index (κ2) is 9.78.